The van der Waals surface area contributed by atoms with E-state index in [4.69, 9.17) is 4.74 Å². The molecule has 0 saturated heterocycles. The van der Waals surface area contributed by atoms with Crippen molar-refractivity contribution in [2.75, 3.05) is 6.61 Å². The highest BCUT2D eigenvalue weighted by Crippen LogP contribution is 2.31. The molecule has 0 radical (unpaired) electrons. The number of aldehydes is 1. The molecule has 1 aromatic carbocycles. The normalized spacial score (nSPS) is 11.4. The third-order valence-electron chi connectivity index (χ3n) is 3.00. The minimum atomic E-state index is -0.170. The van der Waals surface area contributed by atoms with Crippen molar-refractivity contribution in [1.29, 1.82) is 0 Å². The molecule has 0 fully saturated rings. The Hall–Kier alpha value is -2.10. The summed E-state index contributed by atoms with van der Waals surface area (Å²) >= 11 is 0. The molecule has 0 spiro atoms. The van der Waals surface area contributed by atoms with E-state index >= 15 is 0 Å². The largest absolute Gasteiger partial charge is 0.493 e. The van der Waals surface area contributed by atoms with E-state index in [1.54, 1.807) is 6.20 Å². The molecule has 106 valence electrons. The second kappa shape index (κ2) is 5.49. The first-order valence-electron chi connectivity index (χ1n) is 6.75. The molecule has 0 saturated carbocycles. The summed E-state index contributed by atoms with van der Waals surface area (Å²) in [5.41, 5.74) is 1.92. The van der Waals surface area contributed by atoms with Crippen LogP contribution in [0.2, 0.25) is 0 Å². The predicted octanol–water partition coefficient (Wildman–Crippen LogP) is 3.52. The van der Waals surface area contributed by atoms with E-state index in [-0.39, 0.29) is 5.54 Å². The predicted molar refractivity (Wildman–Crippen MR) is 79.2 cm³/mol. The third-order valence-corrected chi connectivity index (χ3v) is 3.00. The third kappa shape index (κ3) is 2.74. The molecule has 0 aliphatic heterocycles. The van der Waals surface area contributed by atoms with Gasteiger partial charge in [-0.3, -0.25) is 9.48 Å². The molecule has 2 aromatic rings. The Bertz CT molecular complexity index is 609. The second-order valence-corrected chi connectivity index (χ2v) is 5.60. The van der Waals surface area contributed by atoms with Crippen molar-refractivity contribution in [1.82, 2.24) is 9.78 Å². The fraction of sp³-hybridized carbons (Fsp3) is 0.375. The van der Waals surface area contributed by atoms with Gasteiger partial charge in [-0.25, -0.2) is 0 Å². The Balaban J connectivity index is 2.57. The SMILES string of the molecule is CCOc1ccccc1-c1nn(C(C)(C)C)cc1C=O. The number of carbonyl (C=O) groups excluding carboxylic acids is 1. The van der Waals surface area contributed by atoms with Crippen molar-refractivity contribution in [3.63, 3.8) is 0 Å². The Labute approximate surface area is 119 Å². The molecule has 0 aliphatic rings. The summed E-state index contributed by atoms with van der Waals surface area (Å²) in [5, 5.41) is 4.57. The van der Waals surface area contributed by atoms with Crippen molar-refractivity contribution >= 4 is 6.29 Å². The van der Waals surface area contributed by atoms with Crippen LogP contribution in [0.25, 0.3) is 11.3 Å². The molecule has 0 atom stereocenters. The zero-order chi connectivity index (χ0) is 14.8. The van der Waals surface area contributed by atoms with Gasteiger partial charge in [-0.05, 0) is 39.8 Å². The zero-order valence-corrected chi connectivity index (χ0v) is 12.4. The van der Waals surface area contributed by atoms with Crippen LogP contribution in [0.3, 0.4) is 0 Å². The quantitative estimate of drug-likeness (QED) is 0.800. The highest BCUT2D eigenvalue weighted by atomic mass is 16.5. The van der Waals surface area contributed by atoms with Crippen molar-refractivity contribution in [2.45, 2.75) is 33.2 Å². The molecule has 0 aliphatic carbocycles. The Morgan fingerprint density at radius 2 is 2.00 bits per heavy atom. The molecule has 2 rings (SSSR count). The number of para-hydroxylation sites is 1. The summed E-state index contributed by atoms with van der Waals surface area (Å²) in [6.07, 6.45) is 2.62. The Morgan fingerprint density at radius 3 is 2.60 bits per heavy atom. The van der Waals surface area contributed by atoms with Gasteiger partial charge in [0.05, 0.1) is 17.7 Å². The van der Waals surface area contributed by atoms with Gasteiger partial charge in [-0.2, -0.15) is 5.10 Å². The van der Waals surface area contributed by atoms with Gasteiger partial charge < -0.3 is 4.74 Å². The van der Waals surface area contributed by atoms with Gasteiger partial charge in [-0.1, -0.05) is 12.1 Å². The molecule has 0 unspecified atom stereocenters. The van der Waals surface area contributed by atoms with E-state index < -0.39 is 0 Å². The fourth-order valence-electron chi connectivity index (χ4n) is 1.97. The lowest BCUT2D eigenvalue weighted by Crippen LogP contribution is -2.22. The number of nitrogens with zero attached hydrogens (tertiary/aromatic N) is 2. The van der Waals surface area contributed by atoms with Gasteiger partial charge in [0, 0.05) is 11.8 Å². The van der Waals surface area contributed by atoms with E-state index in [0.717, 1.165) is 17.6 Å². The van der Waals surface area contributed by atoms with Crippen molar-refractivity contribution in [3.05, 3.63) is 36.0 Å². The number of rotatable bonds is 4. The van der Waals surface area contributed by atoms with Crippen LogP contribution in [0.1, 0.15) is 38.1 Å². The van der Waals surface area contributed by atoms with Gasteiger partial charge in [0.15, 0.2) is 6.29 Å². The van der Waals surface area contributed by atoms with E-state index in [0.29, 0.717) is 17.9 Å². The van der Waals surface area contributed by atoms with Crippen molar-refractivity contribution in [2.24, 2.45) is 0 Å². The summed E-state index contributed by atoms with van der Waals surface area (Å²) in [7, 11) is 0. The topological polar surface area (TPSA) is 44.1 Å². The van der Waals surface area contributed by atoms with Crippen LogP contribution >= 0.6 is 0 Å². The maximum absolute atomic E-state index is 11.3. The van der Waals surface area contributed by atoms with Crippen LogP contribution in [0.4, 0.5) is 0 Å². The van der Waals surface area contributed by atoms with Gasteiger partial charge >= 0.3 is 0 Å². The number of hydrogen-bond donors (Lipinski definition) is 0. The maximum atomic E-state index is 11.3. The highest BCUT2D eigenvalue weighted by Gasteiger charge is 2.20. The summed E-state index contributed by atoms with van der Waals surface area (Å²) in [4.78, 5) is 11.3. The number of aromatic nitrogens is 2. The first kappa shape index (κ1) is 14.3. The average Bonchev–Trinajstić information content (AvgIpc) is 2.83. The molecular formula is C16H20N2O2. The first-order chi connectivity index (χ1) is 9.47. The molecular weight excluding hydrogens is 252 g/mol. The molecule has 20 heavy (non-hydrogen) atoms. The smallest absolute Gasteiger partial charge is 0.153 e. The van der Waals surface area contributed by atoms with Crippen LogP contribution < -0.4 is 4.74 Å². The molecule has 4 heteroatoms. The minimum Gasteiger partial charge on any atom is -0.493 e. The second-order valence-electron chi connectivity index (χ2n) is 5.60. The zero-order valence-electron chi connectivity index (χ0n) is 12.4. The number of benzene rings is 1. The van der Waals surface area contributed by atoms with E-state index in [9.17, 15) is 4.79 Å². The summed E-state index contributed by atoms with van der Waals surface area (Å²) < 4.78 is 7.43. The summed E-state index contributed by atoms with van der Waals surface area (Å²) in [6, 6.07) is 7.65. The summed E-state index contributed by atoms with van der Waals surface area (Å²) in [6.45, 7) is 8.66. The molecule has 0 bridgehead atoms. The van der Waals surface area contributed by atoms with Gasteiger partial charge in [0.1, 0.15) is 11.4 Å². The monoisotopic (exact) mass is 272 g/mol. The van der Waals surface area contributed by atoms with Gasteiger partial charge in [0.2, 0.25) is 0 Å². The molecule has 4 nitrogen and oxygen atoms in total. The minimum absolute atomic E-state index is 0.170. The molecule has 0 N–H and O–H groups in total. The number of ether oxygens (including phenoxy) is 1. The number of carbonyl (C=O) groups is 1. The number of hydrogen-bond acceptors (Lipinski definition) is 3. The van der Waals surface area contributed by atoms with Crippen LogP contribution in [0.5, 0.6) is 5.75 Å². The lowest BCUT2D eigenvalue weighted by atomic mass is 10.1. The van der Waals surface area contributed by atoms with E-state index in [2.05, 4.69) is 5.10 Å². The van der Waals surface area contributed by atoms with Crippen molar-refractivity contribution in [3.8, 4) is 17.0 Å². The molecule has 1 heterocycles. The first-order valence-corrected chi connectivity index (χ1v) is 6.75. The molecule has 0 amide bonds. The average molecular weight is 272 g/mol. The van der Waals surface area contributed by atoms with E-state index in [1.807, 2.05) is 56.6 Å². The standard InChI is InChI=1S/C16H20N2O2/c1-5-20-14-9-7-6-8-13(14)15-12(11-19)10-18(17-15)16(2,3)4/h6-11H,5H2,1-4H3. The van der Waals surface area contributed by atoms with Gasteiger partial charge in [-0.15, -0.1) is 0 Å². The maximum Gasteiger partial charge on any atom is 0.153 e. The van der Waals surface area contributed by atoms with Gasteiger partial charge in [0.25, 0.3) is 0 Å². The van der Waals surface area contributed by atoms with Crippen LogP contribution in [0.15, 0.2) is 30.5 Å². The lowest BCUT2D eigenvalue weighted by Gasteiger charge is -2.18. The van der Waals surface area contributed by atoms with Crippen LogP contribution in [-0.4, -0.2) is 22.7 Å². The molecule has 1 aromatic heterocycles. The van der Waals surface area contributed by atoms with Crippen molar-refractivity contribution < 1.29 is 9.53 Å². The Morgan fingerprint density at radius 1 is 1.30 bits per heavy atom. The van der Waals surface area contributed by atoms with E-state index in [1.165, 1.54) is 0 Å². The lowest BCUT2D eigenvalue weighted by molar-refractivity contribution is 0.112. The van der Waals surface area contributed by atoms with Crippen LogP contribution in [-0.2, 0) is 5.54 Å². The van der Waals surface area contributed by atoms with Crippen LogP contribution in [0, 0.1) is 0 Å². The summed E-state index contributed by atoms with van der Waals surface area (Å²) in [5.74, 6) is 0.747. The fourth-order valence-corrected chi connectivity index (χ4v) is 1.97. The Kier molecular flexibility index (Phi) is 3.93. The highest BCUT2D eigenvalue weighted by molar-refractivity contribution is 5.87.